The minimum Gasteiger partial charge on any atom is -0.494 e. The standard InChI is InChI=1S/C26H33N5O5S/c1-6-7-14-35-17-11-9-16(10-12-17)31(25(34)22-19(27)20(23(28)32)30-37-22)21(18-13-8-15(2)36-18)24(33)29-26(3,4)5/h8-13,21H,6-7,14,27H2,1-5H3,(H2,28,32)(H,29,33)/t21-/m1/s1. The molecule has 3 amide bonds. The third kappa shape index (κ3) is 6.67. The lowest BCUT2D eigenvalue weighted by Gasteiger charge is -2.32. The number of carbonyl (C=O) groups excluding carboxylic acids is 3. The maximum atomic E-state index is 14.0. The number of nitrogens with two attached hydrogens (primary N) is 2. The fourth-order valence-corrected chi connectivity index (χ4v) is 4.31. The lowest BCUT2D eigenvalue weighted by atomic mass is 10.1. The maximum absolute atomic E-state index is 14.0. The second kappa shape index (κ2) is 11.5. The van der Waals surface area contributed by atoms with Crippen LogP contribution < -0.4 is 26.4 Å². The number of aryl methyl sites for hydroxylation is 1. The van der Waals surface area contributed by atoms with Gasteiger partial charge in [0.15, 0.2) is 11.7 Å². The number of aromatic nitrogens is 1. The normalized spacial score (nSPS) is 12.1. The van der Waals surface area contributed by atoms with Gasteiger partial charge in [-0.25, -0.2) is 0 Å². The van der Waals surface area contributed by atoms with Crippen LogP contribution in [0.5, 0.6) is 5.75 Å². The minimum absolute atomic E-state index is 0.0195. The summed E-state index contributed by atoms with van der Waals surface area (Å²) >= 11 is 0.741. The van der Waals surface area contributed by atoms with Gasteiger partial charge in [-0.1, -0.05) is 13.3 Å². The second-order valence-electron chi connectivity index (χ2n) is 9.60. The van der Waals surface area contributed by atoms with E-state index in [9.17, 15) is 14.4 Å². The molecule has 0 radical (unpaired) electrons. The number of ether oxygens (including phenoxy) is 1. The van der Waals surface area contributed by atoms with Crippen LogP contribution in [0.1, 0.15) is 78.3 Å². The Kier molecular flexibility index (Phi) is 8.59. The van der Waals surface area contributed by atoms with Crippen LogP contribution in [-0.4, -0.2) is 34.2 Å². The molecule has 0 saturated carbocycles. The van der Waals surface area contributed by atoms with Crippen LogP contribution in [0.4, 0.5) is 11.4 Å². The van der Waals surface area contributed by atoms with Gasteiger partial charge in [0.2, 0.25) is 0 Å². The maximum Gasteiger partial charge on any atom is 0.273 e. The van der Waals surface area contributed by atoms with E-state index in [1.54, 1.807) is 43.3 Å². The number of nitrogen functional groups attached to an aromatic ring is 1. The van der Waals surface area contributed by atoms with Crippen LogP contribution in [0.25, 0.3) is 0 Å². The molecule has 5 N–H and O–H groups in total. The molecule has 0 saturated heterocycles. The number of hydrogen-bond donors (Lipinski definition) is 3. The van der Waals surface area contributed by atoms with E-state index < -0.39 is 29.3 Å². The molecule has 2 aromatic heterocycles. The van der Waals surface area contributed by atoms with Crippen molar-refractivity contribution in [3.05, 3.63) is 58.5 Å². The molecule has 0 aliphatic carbocycles. The quantitative estimate of drug-likeness (QED) is 0.334. The average molecular weight is 528 g/mol. The average Bonchev–Trinajstić information content (AvgIpc) is 3.42. The Labute approximate surface area is 220 Å². The molecule has 3 rings (SSSR count). The summed E-state index contributed by atoms with van der Waals surface area (Å²) in [4.78, 5) is 40.6. The van der Waals surface area contributed by atoms with Crippen LogP contribution in [0.2, 0.25) is 0 Å². The molecule has 0 bridgehead atoms. The number of rotatable bonds is 10. The molecule has 1 aromatic carbocycles. The number of nitrogens with one attached hydrogen (secondary N) is 1. The number of amides is 3. The first-order chi connectivity index (χ1) is 17.4. The molecule has 0 unspecified atom stereocenters. The minimum atomic E-state index is -1.19. The topological polar surface area (TPSA) is 154 Å². The molecule has 3 aromatic rings. The third-order valence-electron chi connectivity index (χ3n) is 5.29. The van der Waals surface area contributed by atoms with Gasteiger partial charge >= 0.3 is 0 Å². The molecular weight excluding hydrogens is 494 g/mol. The number of unbranched alkanes of at least 4 members (excludes halogenated alkanes) is 1. The molecule has 1 atom stereocenters. The molecule has 0 aliphatic rings. The van der Waals surface area contributed by atoms with Gasteiger partial charge in [-0.3, -0.25) is 19.3 Å². The van der Waals surface area contributed by atoms with Gasteiger partial charge in [0.1, 0.15) is 22.1 Å². The van der Waals surface area contributed by atoms with Crippen molar-refractivity contribution in [1.29, 1.82) is 0 Å². The molecule has 11 heteroatoms. The zero-order chi connectivity index (χ0) is 27.3. The highest BCUT2D eigenvalue weighted by molar-refractivity contribution is 7.09. The van der Waals surface area contributed by atoms with E-state index in [1.165, 1.54) is 4.90 Å². The Bertz CT molecular complexity index is 1260. The Balaban J connectivity index is 2.14. The summed E-state index contributed by atoms with van der Waals surface area (Å²) in [6.45, 7) is 9.90. The van der Waals surface area contributed by atoms with Crippen molar-refractivity contribution in [2.75, 3.05) is 17.2 Å². The van der Waals surface area contributed by atoms with E-state index in [0.29, 0.717) is 23.8 Å². The SMILES string of the molecule is CCCCOc1ccc(N(C(=O)c2snc(C(N)=O)c2N)[C@@H](C(=O)NC(C)(C)C)c2ccc(C)o2)cc1. The zero-order valence-electron chi connectivity index (χ0n) is 21.7. The van der Waals surface area contributed by atoms with Crippen molar-refractivity contribution < 1.29 is 23.5 Å². The summed E-state index contributed by atoms with van der Waals surface area (Å²) in [6, 6.07) is 8.98. The highest BCUT2D eigenvalue weighted by Crippen LogP contribution is 2.35. The first kappa shape index (κ1) is 27.7. The first-order valence-electron chi connectivity index (χ1n) is 11.9. The first-order valence-corrected chi connectivity index (χ1v) is 12.7. The number of furan rings is 1. The van der Waals surface area contributed by atoms with Gasteiger partial charge in [0.25, 0.3) is 17.7 Å². The Morgan fingerprint density at radius 2 is 1.84 bits per heavy atom. The second-order valence-corrected chi connectivity index (χ2v) is 10.4. The number of primary amides is 1. The largest absolute Gasteiger partial charge is 0.494 e. The van der Waals surface area contributed by atoms with Gasteiger partial charge in [-0.2, -0.15) is 4.37 Å². The summed E-state index contributed by atoms with van der Waals surface area (Å²) in [5, 5.41) is 2.93. The van der Waals surface area contributed by atoms with Crippen molar-refractivity contribution in [3.8, 4) is 5.75 Å². The van der Waals surface area contributed by atoms with Gasteiger partial charge in [0, 0.05) is 11.2 Å². The Morgan fingerprint density at radius 3 is 2.35 bits per heavy atom. The van der Waals surface area contributed by atoms with E-state index in [4.69, 9.17) is 20.6 Å². The highest BCUT2D eigenvalue weighted by atomic mass is 32.1. The molecule has 0 spiro atoms. The molecule has 10 nitrogen and oxygen atoms in total. The summed E-state index contributed by atoms with van der Waals surface area (Å²) in [5.41, 5.74) is 10.9. The van der Waals surface area contributed by atoms with E-state index in [-0.39, 0.29) is 22.0 Å². The van der Waals surface area contributed by atoms with E-state index in [1.807, 2.05) is 20.8 Å². The Morgan fingerprint density at radius 1 is 1.16 bits per heavy atom. The summed E-state index contributed by atoms with van der Waals surface area (Å²) in [5.74, 6) is -0.487. The predicted octanol–water partition coefficient (Wildman–Crippen LogP) is 4.21. The summed E-state index contributed by atoms with van der Waals surface area (Å²) < 4.78 is 15.6. The highest BCUT2D eigenvalue weighted by Gasteiger charge is 2.38. The summed E-state index contributed by atoms with van der Waals surface area (Å²) in [6.07, 6.45) is 1.91. The molecule has 37 heavy (non-hydrogen) atoms. The molecule has 2 heterocycles. The summed E-state index contributed by atoms with van der Waals surface area (Å²) in [7, 11) is 0. The molecule has 0 aliphatic heterocycles. The third-order valence-corrected chi connectivity index (χ3v) is 6.14. The molecule has 0 fully saturated rings. The lowest BCUT2D eigenvalue weighted by molar-refractivity contribution is -0.124. The Hall–Kier alpha value is -3.86. The predicted molar refractivity (Wildman–Crippen MR) is 143 cm³/mol. The van der Waals surface area contributed by atoms with E-state index >= 15 is 0 Å². The fraction of sp³-hybridized carbons (Fsp3) is 0.385. The molecular formula is C26H33N5O5S. The van der Waals surface area contributed by atoms with Crippen molar-refractivity contribution in [3.63, 3.8) is 0 Å². The van der Waals surface area contributed by atoms with E-state index in [0.717, 1.165) is 24.4 Å². The van der Waals surface area contributed by atoms with Crippen molar-refractivity contribution >= 4 is 40.6 Å². The van der Waals surface area contributed by atoms with Gasteiger partial charge in [-0.05, 0) is 82.0 Å². The van der Waals surface area contributed by atoms with Crippen molar-refractivity contribution in [2.45, 2.75) is 59.0 Å². The van der Waals surface area contributed by atoms with E-state index in [2.05, 4.69) is 16.6 Å². The number of hydrogen-bond acceptors (Lipinski definition) is 8. The number of anilines is 2. The smallest absolute Gasteiger partial charge is 0.273 e. The number of carbonyl (C=O) groups is 3. The van der Waals surface area contributed by atoms with Crippen LogP contribution in [0, 0.1) is 6.92 Å². The number of nitrogens with zero attached hydrogens (tertiary/aromatic N) is 2. The van der Waals surface area contributed by atoms with Crippen LogP contribution in [0.3, 0.4) is 0 Å². The zero-order valence-corrected chi connectivity index (χ0v) is 22.5. The monoisotopic (exact) mass is 527 g/mol. The van der Waals surface area contributed by atoms with Crippen molar-refractivity contribution in [2.24, 2.45) is 5.73 Å². The van der Waals surface area contributed by atoms with Gasteiger partial charge in [-0.15, -0.1) is 0 Å². The molecule has 198 valence electrons. The lowest BCUT2D eigenvalue weighted by Crippen LogP contribution is -2.49. The van der Waals surface area contributed by atoms with Gasteiger partial charge < -0.3 is 25.9 Å². The van der Waals surface area contributed by atoms with Crippen LogP contribution >= 0.6 is 11.5 Å². The van der Waals surface area contributed by atoms with Crippen molar-refractivity contribution in [1.82, 2.24) is 9.69 Å². The van der Waals surface area contributed by atoms with Crippen LogP contribution in [0.15, 0.2) is 40.8 Å². The van der Waals surface area contributed by atoms with Gasteiger partial charge in [0.05, 0.1) is 12.3 Å². The van der Waals surface area contributed by atoms with Crippen LogP contribution in [-0.2, 0) is 4.79 Å². The number of benzene rings is 1. The fourth-order valence-electron chi connectivity index (χ4n) is 3.57.